The van der Waals surface area contributed by atoms with E-state index in [1.54, 1.807) is 0 Å². The molecule has 1 heterocycles. The van der Waals surface area contributed by atoms with E-state index < -0.39 is 0 Å². The number of fused-ring (bicyclic) bond motifs is 1. The molecule has 22 heavy (non-hydrogen) atoms. The van der Waals surface area contributed by atoms with Crippen LogP contribution in [0.5, 0.6) is 0 Å². The molecule has 2 nitrogen and oxygen atoms in total. The van der Waals surface area contributed by atoms with Crippen LogP contribution in [0.15, 0.2) is 23.8 Å². The monoisotopic (exact) mass is 302 g/mol. The molecular formula is C20H30O2. The van der Waals surface area contributed by atoms with Gasteiger partial charge in [0, 0.05) is 5.57 Å². The summed E-state index contributed by atoms with van der Waals surface area (Å²) in [7, 11) is 0. The maximum Gasteiger partial charge on any atom is 0.334 e. The van der Waals surface area contributed by atoms with E-state index in [2.05, 4.69) is 20.4 Å². The lowest BCUT2D eigenvalue weighted by Gasteiger charge is -2.44. The summed E-state index contributed by atoms with van der Waals surface area (Å²) in [6, 6.07) is 0. The number of cyclic esters (lactones) is 1. The second kappa shape index (κ2) is 5.86. The molecule has 0 saturated heterocycles. The second-order valence-corrected chi connectivity index (χ2v) is 8.10. The molecule has 2 fully saturated rings. The van der Waals surface area contributed by atoms with Crippen molar-refractivity contribution >= 4 is 5.97 Å². The van der Waals surface area contributed by atoms with Gasteiger partial charge in [0.05, 0.1) is 0 Å². The predicted molar refractivity (Wildman–Crippen MR) is 89.3 cm³/mol. The average molecular weight is 302 g/mol. The Labute approximate surface area is 135 Å². The summed E-state index contributed by atoms with van der Waals surface area (Å²) in [5.41, 5.74) is 2.74. The van der Waals surface area contributed by atoms with Crippen LogP contribution in [0.4, 0.5) is 0 Å². The van der Waals surface area contributed by atoms with Crippen molar-refractivity contribution in [1.82, 2.24) is 0 Å². The Morgan fingerprint density at radius 1 is 1.45 bits per heavy atom. The van der Waals surface area contributed by atoms with Gasteiger partial charge in [-0.3, -0.25) is 0 Å². The van der Waals surface area contributed by atoms with Crippen LogP contribution in [-0.4, -0.2) is 12.1 Å². The van der Waals surface area contributed by atoms with Crippen molar-refractivity contribution in [3.05, 3.63) is 23.8 Å². The predicted octanol–water partition coefficient (Wildman–Crippen LogP) is 5.05. The molecular weight excluding hydrogens is 272 g/mol. The maximum absolute atomic E-state index is 11.5. The van der Waals surface area contributed by atoms with Gasteiger partial charge in [-0.15, -0.1) is 0 Å². The lowest BCUT2D eigenvalue weighted by molar-refractivity contribution is -0.139. The maximum atomic E-state index is 11.5. The smallest absolute Gasteiger partial charge is 0.334 e. The highest BCUT2D eigenvalue weighted by Gasteiger charge is 2.50. The first-order valence-electron chi connectivity index (χ1n) is 8.99. The first-order chi connectivity index (χ1) is 10.4. The zero-order chi connectivity index (χ0) is 15.9. The van der Waals surface area contributed by atoms with Gasteiger partial charge in [-0.1, -0.05) is 26.0 Å². The molecule has 0 N–H and O–H groups in total. The molecule has 0 amide bonds. The van der Waals surface area contributed by atoms with Gasteiger partial charge >= 0.3 is 5.97 Å². The lowest BCUT2D eigenvalue weighted by atomic mass is 9.61. The minimum atomic E-state index is -0.130. The summed E-state index contributed by atoms with van der Waals surface area (Å²) in [5, 5.41) is 0. The molecule has 3 rings (SSSR count). The number of hydrogen-bond acceptors (Lipinski definition) is 2. The van der Waals surface area contributed by atoms with Crippen molar-refractivity contribution in [3.8, 4) is 0 Å². The Hall–Kier alpha value is -1.05. The van der Waals surface area contributed by atoms with Gasteiger partial charge in [-0.25, -0.2) is 4.79 Å². The van der Waals surface area contributed by atoms with Crippen LogP contribution in [0.2, 0.25) is 0 Å². The van der Waals surface area contributed by atoms with Crippen LogP contribution in [0, 0.1) is 23.2 Å². The van der Waals surface area contributed by atoms with E-state index >= 15 is 0 Å². The number of allylic oxidation sites excluding steroid dienone is 1. The summed E-state index contributed by atoms with van der Waals surface area (Å²) < 4.78 is 5.39. The minimum Gasteiger partial charge on any atom is -0.455 e. The zero-order valence-corrected chi connectivity index (χ0v) is 14.4. The van der Waals surface area contributed by atoms with Crippen molar-refractivity contribution in [2.75, 3.05) is 0 Å². The Kier molecular flexibility index (Phi) is 4.22. The molecule has 122 valence electrons. The fraction of sp³-hybridized carbons (Fsp3) is 0.750. The van der Waals surface area contributed by atoms with Crippen molar-refractivity contribution in [1.29, 1.82) is 0 Å². The van der Waals surface area contributed by atoms with Gasteiger partial charge < -0.3 is 4.74 Å². The molecule has 0 aromatic carbocycles. The van der Waals surface area contributed by atoms with E-state index in [0.29, 0.717) is 11.3 Å². The Balaban J connectivity index is 1.60. The summed E-state index contributed by atoms with van der Waals surface area (Å²) in [6.45, 7) is 11.1. The normalized spacial score (nSPS) is 39.4. The fourth-order valence-corrected chi connectivity index (χ4v) is 5.48. The van der Waals surface area contributed by atoms with E-state index in [0.717, 1.165) is 30.3 Å². The van der Waals surface area contributed by atoms with Crippen LogP contribution < -0.4 is 0 Å². The summed E-state index contributed by atoms with van der Waals surface area (Å²) in [6.07, 6.45) is 10.7. The largest absolute Gasteiger partial charge is 0.455 e. The topological polar surface area (TPSA) is 26.3 Å². The summed E-state index contributed by atoms with van der Waals surface area (Å²) in [4.78, 5) is 11.5. The summed E-state index contributed by atoms with van der Waals surface area (Å²) in [5.74, 6) is 2.12. The van der Waals surface area contributed by atoms with Gasteiger partial charge in [-0.2, -0.15) is 0 Å². The first-order valence-corrected chi connectivity index (χ1v) is 8.99. The standard InChI is InChI=1S/C20H30O2/c1-13-6-5-11-20(4)17(13)9-10-18(20)14(2)7-8-16-12-15(3)19(21)22-16/h12,14,16-18H,1,5-11H2,2-4H3/t14?,16?,17?,18-,20+/m1/s1. The molecule has 2 heteroatoms. The van der Waals surface area contributed by atoms with E-state index in [9.17, 15) is 4.79 Å². The fourth-order valence-electron chi connectivity index (χ4n) is 5.48. The molecule has 0 spiro atoms. The molecule has 2 aliphatic carbocycles. The number of rotatable bonds is 4. The molecule has 0 bridgehead atoms. The lowest BCUT2D eigenvalue weighted by Crippen LogP contribution is -2.35. The highest BCUT2D eigenvalue weighted by atomic mass is 16.5. The van der Waals surface area contributed by atoms with Gasteiger partial charge in [0.1, 0.15) is 6.10 Å². The number of hydrogen-bond donors (Lipinski definition) is 0. The van der Waals surface area contributed by atoms with Crippen LogP contribution in [0.1, 0.15) is 65.7 Å². The zero-order valence-electron chi connectivity index (χ0n) is 14.4. The van der Waals surface area contributed by atoms with Gasteiger partial charge in [0.25, 0.3) is 0 Å². The van der Waals surface area contributed by atoms with Crippen molar-refractivity contribution in [2.45, 2.75) is 71.8 Å². The van der Waals surface area contributed by atoms with E-state index in [1.165, 1.54) is 37.7 Å². The third-order valence-electron chi connectivity index (χ3n) is 6.73. The summed E-state index contributed by atoms with van der Waals surface area (Å²) >= 11 is 0. The van der Waals surface area contributed by atoms with Gasteiger partial charge in [0.15, 0.2) is 0 Å². The van der Waals surface area contributed by atoms with Crippen LogP contribution in [-0.2, 0) is 9.53 Å². The third-order valence-corrected chi connectivity index (χ3v) is 6.73. The SMILES string of the molecule is C=C1CCC[C@@]2(C)C1CC[C@@H]2C(C)CCC1C=C(C)C(=O)O1. The number of carbonyl (C=O) groups excluding carboxylic acids is 1. The molecule has 3 aliphatic rings. The molecule has 0 radical (unpaired) electrons. The van der Waals surface area contributed by atoms with Crippen molar-refractivity contribution < 1.29 is 9.53 Å². The number of carbonyl (C=O) groups is 1. The van der Waals surface area contributed by atoms with E-state index in [-0.39, 0.29) is 12.1 Å². The second-order valence-electron chi connectivity index (χ2n) is 8.10. The Morgan fingerprint density at radius 2 is 2.23 bits per heavy atom. The molecule has 0 aromatic rings. The number of esters is 1. The quantitative estimate of drug-likeness (QED) is 0.537. The van der Waals surface area contributed by atoms with Crippen LogP contribution in [0.3, 0.4) is 0 Å². The van der Waals surface area contributed by atoms with Crippen LogP contribution >= 0.6 is 0 Å². The molecule has 5 atom stereocenters. The Bertz CT molecular complexity index is 504. The van der Waals surface area contributed by atoms with E-state index in [1.807, 2.05) is 13.0 Å². The highest BCUT2D eigenvalue weighted by molar-refractivity contribution is 5.90. The van der Waals surface area contributed by atoms with Crippen molar-refractivity contribution in [3.63, 3.8) is 0 Å². The highest BCUT2D eigenvalue weighted by Crippen LogP contribution is 2.59. The molecule has 3 unspecified atom stereocenters. The molecule has 1 aliphatic heterocycles. The molecule has 0 aromatic heterocycles. The van der Waals surface area contributed by atoms with Gasteiger partial charge in [0.2, 0.25) is 0 Å². The van der Waals surface area contributed by atoms with Crippen LogP contribution in [0.25, 0.3) is 0 Å². The minimum absolute atomic E-state index is 0.0151. The third kappa shape index (κ3) is 2.66. The average Bonchev–Trinajstić information content (AvgIpc) is 2.97. The number of ether oxygens (including phenoxy) is 1. The van der Waals surface area contributed by atoms with Gasteiger partial charge in [-0.05, 0) is 81.1 Å². The Morgan fingerprint density at radius 3 is 2.91 bits per heavy atom. The van der Waals surface area contributed by atoms with Crippen molar-refractivity contribution in [2.24, 2.45) is 23.2 Å². The first kappa shape index (κ1) is 15.8. The molecule has 2 saturated carbocycles. The van der Waals surface area contributed by atoms with E-state index in [4.69, 9.17) is 4.74 Å².